The first kappa shape index (κ1) is 15.5. The number of carbonyl (C=O) groups is 2. The number of hydrogen-bond donors (Lipinski definition) is 3. The fourth-order valence-corrected chi connectivity index (χ4v) is 1.81. The van der Waals surface area contributed by atoms with Crippen molar-refractivity contribution in [2.45, 2.75) is 32.7 Å². The Labute approximate surface area is 120 Å². The van der Waals surface area contributed by atoms with Gasteiger partial charge in [0.25, 0.3) is 0 Å². The van der Waals surface area contributed by atoms with Crippen LogP contribution in [0.5, 0.6) is 0 Å². The molecule has 0 saturated heterocycles. The highest BCUT2D eigenvalue weighted by Gasteiger charge is 2.32. The lowest BCUT2D eigenvalue weighted by Gasteiger charge is -2.25. The van der Waals surface area contributed by atoms with E-state index in [2.05, 4.69) is 26.6 Å². The number of carboxylic acid groups (broad SMARTS) is 1. The average molecular weight is 329 g/mol. The summed E-state index contributed by atoms with van der Waals surface area (Å²) >= 11 is 3.37. The second-order valence-corrected chi connectivity index (χ2v) is 5.34. The van der Waals surface area contributed by atoms with Gasteiger partial charge >= 0.3 is 12.0 Å². The number of benzene rings is 1. The minimum Gasteiger partial charge on any atom is -0.480 e. The number of nitrogens with one attached hydrogen (secondary N) is 2. The van der Waals surface area contributed by atoms with Crippen molar-refractivity contribution in [1.82, 2.24) is 5.32 Å². The SMILES string of the molecule is CCC(C)(NC(=O)Nc1cccc(Br)c1C)C(=O)O. The Morgan fingerprint density at radius 1 is 1.42 bits per heavy atom. The molecule has 104 valence electrons. The molecule has 19 heavy (non-hydrogen) atoms. The predicted molar refractivity (Wildman–Crippen MR) is 77.4 cm³/mol. The summed E-state index contributed by atoms with van der Waals surface area (Å²) in [5.41, 5.74) is 0.242. The van der Waals surface area contributed by atoms with Gasteiger partial charge in [-0.15, -0.1) is 0 Å². The Hall–Kier alpha value is -1.56. The molecule has 0 aliphatic rings. The topological polar surface area (TPSA) is 78.4 Å². The molecule has 3 N–H and O–H groups in total. The minimum absolute atomic E-state index is 0.299. The zero-order chi connectivity index (χ0) is 14.6. The molecule has 5 nitrogen and oxygen atoms in total. The Bertz CT molecular complexity index is 505. The zero-order valence-corrected chi connectivity index (χ0v) is 12.7. The van der Waals surface area contributed by atoms with E-state index in [1.165, 1.54) is 6.92 Å². The molecule has 0 heterocycles. The van der Waals surface area contributed by atoms with E-state index >= 15 is 0 Å². The molecule has 0 spiro atoms. The molecular weight excluding hydrogens is 312 g/mol. The average Bonchev–Trinajstić information content (AvgIpc) is 2.34. The lowest BCUT2D eigenvalue weighted by molar-refractivity contribution is -0.143. The van der Waals surface area contributed by atoms with Crippen LogP contribution in [0, 0.1) is 6.92 Å². The van der Waals surface area contributed by atoms with Crippen LogP contribution < -0.4 is 10.6 Å². The van der Waals surface area contributed by atoms with Crippen LogP contribution in [0.3, 0.4) is 0 Å². The highest BCUT2D eigenvalue weighted by Crippen LogP contribution is 2.23. The van der Waals surface area contributed by atoms with Gasteiger partial charge < -0.3 is 15.7 Å². The number of urea groups is 1. The summed E-state index contributed by atoms with van der Waals surface area (Å²) < 4.78 is 0.877. The number of rotatable bonds is 4. The van der Waals surface area contributed by atoms with Gasteiger partial charge in [-0.2, -0.15) is 0 Å². The normalized spacial score (nSPS) is 13.5. The molecule has 1 unspecified atom stereocenters. The van der Waals surface area contributed by atoms with Gasteiger partial charge in [-0.3, -0.25) is 0 Å². The molecule has 6 heteroatoms. The monoisotopic (exact) mass is 328 g/mol. The summed E-state index contributed by atoms with van der Waals surface area (Å²) in [4.78, 5) is 23.0. The van der Waals surface area contributed by atoms with Crippen LogP contribution in [0.25, 0.3) is 0 Å². The van der Waals surface area contributed by atoms with Crippen LogP contribution in [0.4, 0.5) is 10.5 Å². The van der Waals surface area contributed by atoms with E-state index in [1.54, 1.807) is 19.1 Å². The lowest BCUT2D eigenvalue weighted by Crippen LogP contribution is -2.53. The molecule has 0 radical (unpaired) electrons. The molecule has 1 rings (SSSR count). The summed E-state index contributed by atoms with van der Waals surface area (Å²) in [5, 5.41) is 14.2. The highest BCUT2D eigenvalue weighted by atomic mass is 79.9. The van der Waals surface area contributed by atoms with Crippen molar-refractivity contribution in [1.29, 1.82) is 0 Å². The standard InChI is InChI=1S/C13H17BrN2O3/c1-4-13(3,11(17)18)16-12(19)15-10-7-5-6-9(14)8(10)2/h5-7H,4H2,1-3H3,(H,17,18)(H2,15,16,19). The van der Waals surface area contributed by atoms with E-state index in [1.807, 2.05) is 13.0 Å². The van der Waals surface area contributed by atoms with Crippen LogP contribution in [-0.4, -0.2) is 22.6 Å². The fourth-order valence-electron chi connectivity index (χ4n) is 1.44. The number of halogens is 1. The van der Waals surface area contributed by atoms with Crippen molar-refractivity contribution in [3.63, 3.8) is 0 Å². The van der Waals surface area contributed by atoms with Gasteiger partial charge in [-0.25, -0.2) is 9.59 Å². The van der Waals surface area contributed by atoms with Crippen molar-refractivity contribution in [3.05, 3.63) is 28.2 Å². The van der Waals surface area contributed by atoms with Gasteiger partial charge in [-0.1, -0.05) is 28.9 Å². The van der Waals surface area contributed by atoms with Gasteiger partial charge in [0, 0.05) is 10.2 Å². The van der Waals surface area contributed by atoms with Gasteiger partial charge in [0.05, 0.1) is 0 Å². The summed E-state index contributed by atoms with van der Waals surface area (Å²) in [6.45, 7) is 5.04. The van der Waals surface area contributed by atoms with E-state index in [4.69, 9.17) is 5.11 Å². The number of aliphatic carboxylic acids is 1. The Kier molecular flexibility index (Phi) is 4.94. The molecule has 0 aromatic heterocycles. The summed E-state index contributed by atoms with van der Waals surface area (Å²) in [6, 6.07) is 4.88. The Morgan fingerprint density at radius 3 is 2.58 bits per heavy atom. The molecule has 0 aliphatic heterocycles. The summed E-state index contributed by atoms with van der Waals surface area (Å²) in [7, 11) is 0. The molecule has 2 amide bonds. The van der Waals surface area contributed by atoms with Gasteiger partial charge in [0.2, 0.25) is 0 Å². The molecular formula is C13H17BrN2O3. The first-order valence-electron chi connectivity index (χ1n) is 5.88. The third-order valence-electron chi connectivity index (χ3n) is 3.08. The van der Waals surface area contributed by atoms with Crippen LogP contribution in [0.2, 0.25) is 0 Å². The maximum Gasteiger partial charge on any atom is 0.329 e. The fraction of sp³-hybridized carbons (Fsp3) is 0.385. The molecule has 0 aliphatic carbocycles. The van der Waals surface area contributed by atoms with Gasteiger partial charge in [0.15, 0.2) is 0 Å². The molecule has 0 bridgehead atoms. The maximum atomic E-state index is 11.9. The number of carboxylic acids is 1. The molecule has 0 fully saturated rings. The van der Waals surface area contributed by atoms with Crippen molar-refractivity contribution in [3.8, 4) is 0 Å². The zero-order valence-electron chi connectivity index (χ0n) is 11.1. The molecule has 1 aromatic rings. The second kappa shape index (κ2) is 6.06. The van der Waals surface area contributed by atoms with Crippen LogP contribution in [0.15, 0.2) is 22.7 Å². The highest BCUT2D eigenvalue weighted by molar-refractivity contribution is 9.10. The smallest absolute Gasteiger partial charge is 0.329 e. The summed E-state index contributed by atoms with van der Waals surface area (Å²) in [6.07, 6.45) is 0.299. The van der Waals surface area contributed by atoms with Crippen LogP contribution >= 0.6 is 15.9 Å². The van der Waals surface area contributed by atoms with Crippen molar-refractivity contribution in [2.75, 3.05) is 5.32 Å². The minimum atomic E-state index is -1.27. The van der Waals surface area contributed by atoms with E-state index in [0.29, 0.717) is 12.1 Å². The third-order valence-corrected chi connectivity index (χ3v) is 3.94. The maximum absolute atomic E-state index is 11.9. The molecule has 1 aromatic carbocycles. The van der Waals surface area contributed by atoms with Crippen LogP contribution in [0.1, 0.15) is 25.8 Å². The Morgan fingerprint density at radius 2 is 2.05 bits per heavy atom. The van der Waals surface area contributed by atoms with Gasteiger partial charge in [0.1, 0.15) is 5.54 Å². The Balaban J connectivity index is 2.81. The second-order valence-electron chi connectivity index (χ2n) is 4.48. The molecule has 1 atom stereocenters. The van der Waals surface area contributed by atoms with E-state index in [9.17, 15) is 9.59 Å². The van der Waals surface area contributed by atoms with E-state index < -0.39 is 17.5 Å². The first-order chi connectivity index (χ1) is 8.80. The largest absolute Gasteiger partial charge is 0.480 e. The van der Waals surface area contributed by atoms with Crippen molar-refractivity contribution >= 4 is 33.6 Å². The molecule has 0 saturated carbocycles. The van der Waals surface area contributed by atoms with E-state index in [-0.39, 0.29) is 0 Å². The quantitative estimate of drug-likeness (QED) is 0.794. The first-order valence-corrected chi connectivity index (χ1v) is 6.67. The van der Waals surface area contributed by atoms with E-state index in [0.717, 1.165) is 10.0 Å². The lowest BCUT2D eigenvalue weighted by atomic mass is 10.00. The van der Waals surface area contributed by atoms with Crippen LogP contribution in [-0.2, 0) is 4.79 Å². The van der Waals surface area contributed by atoms with Crippen molar-refractivity contribution < 1.29 is 14.7 Å². The van der Waals surface area contributed by atoms with Gasteiger partial charge in [-0.05, 0) is 38.0 Å². The third kappa shape index (κ3) is 3.70. The van der Waals surface area contributed by atoms with Crippen molar-refractivity contribution in [2.24, 2.45) is 0 Å². The number of carbonyl (C=O) groups excluding carboxylic acids is 1. The summed E-state index contributed by atoms with van der Waals surface area (Å²) in [5.74, 6) is -1.06. The number of amides is 2. The number of hydrogen-bond acceptors (Lipinski definition) is 2. The predicted octanol–water partition coefficient (Wildman–Crippen LogP) is 3.13. The number of anilines is 1.